The van der Waals surface area contributed by atoms with Gasteiger partial charge in [0.05, 0.1) is 13.7 Å². The van der Waals surface area contributed by atoms with E-state index in [1.165, 1.54) is 27.4 Å². The molecule has 0 aliphatic carbocycles. The Labute approximate surface area is 293 Å². The van der Waals surface area contributed by atoms with Gasteiger partial charge in [-0.25, -0.2) is 0 Å². The summed E-state index contributed by atoms with van der Waals surface area (Å²) in [6.45, 7) is 15.8. The summed E-state index contributed by atoms with van der Waals surface area (Å²) < 4.78 is 6.15. The van der Waals surface area contributed by atoms with Gasteiger partial charge in [-0.05, 0) is 57.2 Å². The molecule has 3 heterocycles. The van der Waals surface area contributed by atoms with E-state index in [0.29, 0.717) is 0 Å². The molecule has 7 rings (SSSR count). The minimum absolute atomic E-state index is 0. The van der Waals surface area contributed by atoms with Gasteiger partial charge in [0.2, 0.25) is 0 Å². The van der Waals surface area contributed by atoms with Crippen molar-refractivity contribution in [3.63, 3.8) is 0 Å². The van der Waals surface area contributed by atoms with Crippen LogP contribution in [0.25, 0.3) is 55.6 Å². The van der Waals surface area contributed by atoms with Gasteiger partial charge in [-0.2, -0.15) is 0 Å². The fraction of sp³-hybridized carbons (Fsp3) is 0.190. The average Bonchev–Trinajstić information content (AvgIpc) is 3.43. The molecule has 5 heteroatoms. The SMILES string of the molecule is C[Si](C)(C)c1ccc(-c2[c-]cccc2)nc1.Cc1cnc(-c2[c-]cc3oc4cccc(-c5ccccc5)c4c3c2)cc1C(C)(C)C.[Ir]. The summed E-state index contributed by atoms with van der Waals surface area (Å²) in [5.41, 5.74) is 10.7. The third-order valence-corrected chi connectivity index (χ3v) is 10.3. The fourth-order valence-corrected chi connectivity index (χ4v) is 6.84. The quantitative estimate of drug-likeness (QED) is 0.131. The number of benzene rings is 4. The first-order valence-corrected chi connectivity index (χ1v) is 19.3. The minimum atomic E-state index is -1.23. The summed E-state index contributed by atoms with van der Waals surface area (Å²) in [7, 11) is -1.23. The van der Waals surface area contributed by atoms with Crippen LogP contribution >= 0.6 is 0 Å². The first-order chi connectivity index (χ1) is 22.0. The number of aromatic nitrogens is 2. The van der Waals surface area contributed by atoms with Crippen LogP contribution < -0.4 is 5.19 Å². The maximum absolute atomic E-state index is 6.15. The summed E-state index contributed by atoms with van der Waals surface area (Å²) in [5, 5.41) is 3.63. The molecule has 0 unspecified atom stereocenters. The van der Waals surface area contributed by atoms with Crippen molar-refractivity contribution < 1.29 is 24.5 Å². The molecule has 0 saturated heterocycles. The normalized spacial score (nSPS) is 11.6. The van der Waals surface area contributed by atoms with Crippen molar-refractivity contribution in [2.45, 2.75) is 52.8 Å². The molecule has 0 spiro atoms. The van der Waals surface area contributed by atoms with Crippen molar-refractivity contribution in [3.05, 3.63) is 139 Å². The van der Waals surface area contributed by atoms with Crippen LogP contribution in [0, 0.1) is 19.1 Å². The molecule has 4 aromatic carbocycles. The van der Waals surface area contributed by atoms with Gasteiger partial charge in [0, 0.05) is 37.9 Å². The first-order valence-electron chi connectivity index (χ1n) is 15.8. The number of rotatable bonds is 4. The molecular weight excluding hydrogens is 769 g/mol. The number of pyridine rings is 2. The number of hydrogen-bond donors (Lipinski definition) is 0. The Morgan fingerprint density at radius 1 is 0.702 bits per heavy atom. The van der Waals surface area contributed by atoms with Gasteiger partial charge in [0.25, 0.3) is 0 Å². The zero-order valence-corrected chi connectivity index (χ0v) is 31.5. The summed E-state index contributed by atoms with van der Waals surface area (Å²) >= 11 is 0. The Morgan fingerprint density at radius 3 is 2.11 bits per heavy atom. The van der Waals surface area contributed by atoms with Crippen LogP contribution in [0.1, 0.15) is 31.9 Å². The Kier molecular flexibility index (Phi) is 10.1. The molecule has 239 valence electrons. The standard InChI is InChI=1S/C28H24NO.C14H16NSi.Ir/c1-18-17-29-24(16-23(18)28(2,3)4)20-13-14-25-22(15-20)27-21(11-8-12-26(27)30-25)19-9-6-5-7-10-19;1-16(2,3)13-9-10-14(15-11-13)12-7-5-4-6-8-12;/h5-12,14-17H,1-4H3;4-7,9-11H,1-3H3;/q2*-1;. The maximum Gasteiger partial charge on any atom is 0.121 e. The van der Waals surface area contributed by atoms with E-state index in [-0.39, 0.29) is 25.5 Å². The van der Waals surface area contributed by atoms with Crippen molar-refractivity contribution >= 4 is 35.2 Å². The van der Waals surface area contributed by atoms with E-state index in [2.05, 4.69) is 125 Å². The Balaban J connectivity index is 0.000000217. The van der Waals surface area contributed by atoms with Crippen molar-refractivity contribution in [3.8, 4) is 33.6 Å². The molecule has 0 bridgehead atoms. The van der Waals surface area contributed by atoms with Gasteiger partial charge in [0.15, 0.2) is 0 Å². The fourth-order valence-electron chi connectivity index (χ4n) is 5.81. The zero-order chi connectivity index (χ0) is 32.5. The number of fused-ring (bicyclic) bond motifs is 3. The summed E-state index contributed by atoms with van der Waals surface area (Å²) in [4.78, 5) is 9.23. The van der Waals surface area contributed by atoms with Crippen LogP contribution in [0.3, 0.4) is 0 Å². The van der Waals surface area contributed by atoms with E-state index >= 15 is 0 Å². The monoisotopic (exact) mass is 809 g/mol. The number of furan rings is 1. The summed E-state index contributed by atoms with van der Waals surface area (Å²) in [6.07, 6.45) is 3.99. The summed E-state index contributed by atoms with van der Waals surface area (Å²) in [6, 6.07) is 41.8. The van der Waals surface area contributed by atoms with E-state index in [9.17, 15) is 0 Å². The number of hydrogen-bond acceptors (Lipinski definition) is 3. The predicted molar refractivity (Wildman–Crippen MR) is 196 cm³/mol. The van der Waals surface area contributed by atoms with Gasteiger partial charge in [-0.15, -0.1) is 59.7 Å². The molecule has 0 N–H and O–H groups in total. The largest absolute Gasteiger partial charge is 0.500 e. The van der Waals surface area contributed by atoms with Crippen molar-refractivity contribution in [2.24, 2.45) is 0 Å². The molecule has 1 radical (unpaired) electrons. The van der Waals surface area contributed by atoms with Crippen LogP contribution in [0.4, 0.5) is 0 Å². The van der Waals surface area contributed by atoms with E-state index in [1.807, 2.05) is 54.9 Å². The van der Waals surface area contributed by atoms with Crippen molar-refractivity contribution in [1.29, 1.82) is 0 Å². The number of nitrogens with zero attached hydrogens (tertiary/aromatic N) is 2. The topological polar surface area (TPSA) is 38.9 Å². The smallest absolute Gasteiger partial charge is 0.121 e. The molecule has 0 aliphatic rings. The molecule has 47 heavy (non-hydrogen) atoms. The molecule has 3 nitrogen and oxygen atoms in total. The average molecular weight is 809 g/mol. The molecule has 3 aromatic heterocycles. The van der Waals surface area contributed by atoms with E-state index in [1.54, 1.807) is 0 Å². The van der Waals surface area contributed by atoms with Crippen LogP contribution in [0.2, 0.25) is 19.6 Å². The second-order valence-corrected chi connectivity index (χ2v) is 18.9. The van der Waals surface area contributed by atoms with Gasteiger partial charge in [0.1, 0.15) is 5.58 Å². The van der Waals surface area contributed by atoms with Crippen LogP contribution in [-0.2, 0) is 25.5 Å². The van der Waals surface area contributed by atoms with Gasteiger partial charge >= 0.3 is 0 Å². The molecular formula is C42H40IrN2OSi-2. The molecule has 0 fully saturated rings. The molecule has 0 saturated carbocycles. The third-order valence-electron chi connectivity index (χ3n) is 8.31. The molecule has 0 amide bonds. The Hall–Kier alpha value is -4.15. The maximum atomic E-state index is 6.15. The van der Waals surface area contributed by atoms with E-state index < -0.39 is 8.07 Å². The van der Waals surface area contributed by atoms with Gasteiger partial charge in [-0.1, -0.05) is 106 Å². The van der Waals surface area contributed by atoms with Gasteiger partial charge < -0.3 is 14.4 Å². The molecule has 7 aromatic rings. The van der Waals surface area contributed by atoms with Gasteiger partial charge in [-0.3, -0.25) is 0 Å². The van der Waals surface area contributed by atoms with E-state index in [0.717, 1.165) is 44.5 Å². The summed E-state index contributed by atoms with van der Waals surface area (Å²) in [5.74, 6) is 0. The zero-order valence-electron chi connectivity index (χ0n) is 28.1. The second-order valence-electron chi connectivity index (χ2n) is 13.9. The van der Waals surface area contributed by atoms with E-state index in [4.69, 9.17) is 9.40 Å². The third kappa shape index (κ3) is 7.54. The number of aryl methyl sites for hydroxylation is 1. The minimum Gasteiger partial charge on any atom is -0.500 e. The van der Waals surface area contributed by atoms with Crippen molar-refractivity contribution in [1.82, 2.24) is 9.97 Å². The molecule has 0 aliphatic heterocycles. The predicted octanol–water partition coefficient (Wildman–Crippen LogP) is 10.8. The van der Waals surface area contributed by atoms with Crippen LogP contribution in [0.15, 0.2) is 120 Å². The Bertz CT molecular complexity index is 2110. The second kappa shape index (κ2) is 13.9. The van der Waals surface area contributed by atoms with Crippen molar-refractivity contribution in [2.75, 3.05) is 0 Å². The van der Waals surface area contributed by atoms with Crippen LogP contribution in [-0.4, -0.2) is 18.0 Å². The van der Waals surface area contributed by atoms with Crippen LogP contribution in [0.5, 0.6) is 0 Å². The first kappa shape index (κ1) is 34.2. The molecule has 0 atom stereocenters. The Morgan fingerprint density at radius 2 is 1.45 bits per heavy atom.